The average molecular weight is 467 g/mol. The summed E-state index contributed by atoms with van der Waals surface area (Å²) in [4.78, 5) is 0.272. The number of halogens is 2. The van der Waals surface area contributed by atoms with Gasteiger partial charge in [-0.3, -0.25) is 0 Å². The van der Waals surface area contributed by atoms with E-state index >= 15 is 0 Å². The van der Waals surface area contributed by atoms with Crippen LogP contribution in [0.4, 0.5) is 8.78 Å². The molecule has 0 spiro atoms. The van der Waals surface area contributed by atoms with Gasteiger partial charge in [0.2, 0.25) is 9.84 Å². The molecule has 0 aromatic heterocycles. The van der Waals surface area contributed by atoms with Crippen molar-refractivity contribution in [1.82, 2.24) is 0 Å². The van der Waals surface area contributed by atoms with Crippen molar-refractivity contribution in [3.8, 4) is 11.5 Å². The van der Waals surface area contributed by atoms with Crippen molar-refractivity contribution in [2.45, 2.75) is 23.0 Å². The van der Waals surface area contributed by atoms with Crippen LogP contribution >= 0.6 is 0 Å². The van der Waals surface area contributed by atoms with Crippen LogP contribution in [-0.4, -0.2) is 8.42 Å². The Morgan fingerprint density at radius 2 is 0.848 bits per heavy atom. The van der Waals surface area contributed by atoms with E-state index in [0.29, 0.717) is 11.5 Å². The maximum Gasteiger partial charge on any atom is 0.206 e. The minimum Gasteiger partial charge on any atom is -0.489 e. The summed E-state index contributed by atoms with van der Waals surface area (Å²) in [6, 6.07) is 24.2. The fourth-order valence-corrected chi connectivity index (χ4v) is 4.32. The third-order valence-corrected chi connectivity index (χ3v) is 6.69. The minimum absolute atomic E-state index is 0.136. The smallest absolute Gasteiger partial charge is 0.206 e. The number of hydrogen-bond donors (Lipinski definition) is 0. The molecule has 7 heteroatoms. The molecule has 0 unspecified atom stereocenters. The molecule has 0 radical (unpaired) electrons. The van der Waals surface area contributed by atoms with E-state index in [-0.39, 0.29) is 34.6 Å². The molecule has 33 heavy (non-hydrogen) atoms. The lowest BCUT2D eigenvalue weighted by Gasteiger charge is -2.10. The average Bonchev–Trinajstić information content (AvgIpc) is 2.84. The highest BCUT2D eigenvalue weighted by atomic mass is 32.2. The summed E-state index contributed by atoms with van der Waals surface area (Å²) in [5.41, 5.74) is 1.60. The zero-order valence-corrected chi connectivity index (χ0v) is 18.3. The number of sulfone groups is 1. The van der Waals surface area contributed by atoms with E-state index in [1.54, 1.807) is 48.5 Å². The van der Waals surface area contributed by atoms with Crippen LogP contribution < -0.4 is 9.47 Å². The Balaban J connectivity index is 1.38. The molecule has 0 atom stereocenters. The SMILES string of the molecule is O=S(=O)(c1ccc(OCc2ccc(F)cc2)cc1)c1ccc(OCc2ccc(F)cc2)cc1. The van der Waals surface area contributed by atoms with Gasteiger partial charge in [-0.1, -0.05) is 24.3 Å². The van der Waals surface area contributed by atoms with Crippen LogP contribution in [0, 0.1) is 11.6 Å². The van der Waals surface area contributed by atoms with E-state index in [1.807, 2.05) is 0 Å². The molecule has 0 aliphatic carbocycles. The van der Waals surface area contributed by atoms with E-state index < -0.39 is 9.84 Å². The van der Waals surface area contributed by atoms with Gasteiger partial charge in [0.25, 0.3) is 0 Å². The fraction of sp³-hybridized carbons (Fsp3) is 0.0769. The van der Waals surface area contributed by atoms with Crippen LogP contribution in [0.2, 0.25) is 0 Å². The Hall–Kier alpha value is -3.71. The Morgan fingerprint density at radius 1 is 0.515 bits per heavy atom. The predicted molar refractivity (Wildman–Crippen MR) is 120 cm³/mol. The van der Waals surface area contributed by atoms with Gasteiger partial charge in [-0.2, -0.15) is 0 Å². The second kappa shape index (κ2) is 9.83. The highest BCUT2D eigenvalue weighted by Crippen LogP contribution is 2.25. The molecule has 0 fully saturated rings. The molecule has 0 saturated heterocycles. The van der Waals surface area contributed by atoms with Crippen LogP contribution in [0.1, 0.15) is 11.1 Å². The second-order valence-electron chi connectivity index (χ2n) is 7.28. The summed E-state index contributed by atoms with van der Waals surface area (Å²) in [6.45, 7) is 0.484. The first-order chi connectivity index (χ1) is 15.9. The second-order valence-corrected chi connectivity index (χ2v) is 9.23. The molecule has 0 aliphatic heterocycles. The van der Waals surface area contributed by atoms with Crippen LogP contribution in [0.5, 0.6) is 11.5 Å². The van der Waals surface area contributed by atoms with Gasteiger partial charge in [-0.05, 0) is 83.9 Å². The first-order valence-electron chi connectivity index (χ1n) is 10.1. The van der Waals surface area contributed by atoms with Crippen LogP contribution in [0.15, 0.2) is 107 Å². The molecule has 4 aromatic carbocycles. The molecular weight excluding hydrogens is 446 g/mol. The lowest BCUT2D eigenvalue weighted by molar-refractivity contribution is 0.306. The summed E-state index contributed by atoms with van der Waals surface area (Å²) in [5.74, 6) is 0.368. The Bertz CT molecular complexity index is 1200. The third kappa shape index (κ3) is 5.75. The highest BCUT2D eigenvalue weighted by molar-refractivity contribution is 7.91. The number of hydrogen-bond acceptors (Lipinski definition) is 4. The van der Waals surface area contributed by atoms with Gasteiger partial charge in [0.05, 0.1) is 9.79 Å². The van der Waals surface area contributed by atoms with Crippen LogP contribution in [0.25, 0.3) is 0 Å². The number of benzene rings is 4. The molecule has 4 aromatic rings. The van der Waals surface area contributed by atoms with E-state index in [1.165, 1.54) is 48.5 Å². The molecule has 0 amide bonds. The quantitative estimate of drug-likeness (QED) is 0.322. The zero-order chi connectivity index (χ0) is 23.3. The Labute approximate surface area is 191 Å². The summed E-state index contributed by atoms with van der Waals surface area (Å²) >= 11 is 0. The summed E-state index contributed by atoms with van der Waals surface area (Å²) in [5, 5.41) is 0. The van der Waals surface area contributed by atoms with Crippen LogP contribution in [0.3, 0.4) is 0 Å². The lowest BCUT2D eigenvalue weighted by Crippen LogP contribution is -2.03. The highest BCUT2D eigenvalue weighted by Gasteiger charge is 2.17. The fourth-order valence-electron chi connectivity index (χ4n) is 3.06. The van der Waals surface area contributed by atoms with Gasteiger partial charge >= 0.3 is 0 Å². The molecule has 0 saturated carbocycles. The maximum atomic E-state index is 13.0. The molecular formula is C26H20F2O4S. The number of ether oxygens (including phenoxy) is 2. The summed E-state index contributed by atoms with van der Waals surface area (Å²) in [7, 11) is -3.71. The molecule has 0 N–H and O–H groups in total. The predicted octanol–water partition coefficient (Wildman–Crippen LogP) is 5.96. The Kier molecular flexibility index (Phi) is 6.70. The minimum atomic E-state index is -3.71. The van der Waals surface area contributed by atoms with Gasteiger partial charge in [-0.25, -0.2) is 17.2 Å². The first-order valence-corrected chi connectivity index (χ1v) is 11.6. The molecule has 0 aliphatic rings. The van der Waals surface area contributed by atoms with Gasteiger partial charge in [0.1, 0.15) is 36.3 Å². The van der Waals surface area contributed by atoms with Crippen molar-refractivity contribution in [2.24, 2.45) is 0 Å². The standard InChI is InChI=1S/C26H20F2O4S/c27-21-5-1-19(2-6-21)17-31-23-9-13-25(14-10-23)33(29,30)26-15-11-24(12-16-26)32-18-20-3-7-22(28)8-4-20/h1-16H,17-18H2. The van der Waals surface area contributed by atoms with Crippen molar-refractivity contribution >= 4 is 9.84 Å². The van der Waals surface area contributed by atoms with Crippen molar-refractivity contribution < 1.29 is 26.7 Å². The molecule has 0 bridgehead atoms. The van der Waals surface area contributed by atoms with Gasteiger partial charge in [0.15, 0.2) is 0 Å². The maximum absolute atomic E-state index is 13.0. The van der Waals surface area contributed by atoms with Gasteiger partial charge in [0, 0.05) is 0 Å². The third-order valence-electron chi connectivity index (χ3n) is 4.91. The van der Waals surface area contributed by atoms with E-state index in [4.69, 9.17) is 9.47 Å². The topological polar surface area (TPSA) is 52.6 Å². The van der Waals surface area contributed by atoms with E-state index in [9.17, 15) is 17.2 Å². The normalized spacial score (nSPS) is 11.2. The summed E-state index contributed by atoms with van der Waals surface area (Å²) in [6.07, 6.45) is 0. The molecule has 0 heterocycles. The van der Waals surface area contributed by atoms with Gasteiger partial charge < -0.3 is 9.47 Å². The van der Waals surface area contributed by atoms with Crippen molar-refractivity contribution in [3.63, 3.8) is 0 Å². The number of rotatable bonds is 8. The lowest BCUT2D eigenvalue weighted by atomic mass is 10.2. The first kappa shape index (κ1) is 22.5. The van der Waals surface area contributed by atoms with Crippen molar-refractivity contribution in [3.05, 3.63) is 120 Å². The monoisotopic (exact) mass is 466 g/mol. The van der Waals surface area contributed by atoms with E-state index in [2.05, 4.69) is 0 Å². The summed E-state index contributed by atoms with van der Waals surface area (Å²) < 4.78 is 63.1. The van der Waals surface area contributed by atoms with Gasteiger partial charge in [-0.15, -0.1) is 0 Å². The Morgan fingerprint density at radius 3 is 1.18 bits per heavy atom. The van der Waals surface area contributed by atoms with Crippen molar-refractivity contribution in [2.75, 3.05) is 0 Å². The van der Waals surface area contributed by atoms with E-state index in [0.717, 1.165) is 11.1 Å². The zero-order valence-electron chi connectivity index (χ0n) is 17.4. The van der Waals surface area contributed by atoms with Crippen LogP contribution in [-0.2, 0) is 23.1 Å². The largest absolute Gasteiger partial charge is 0.489 e. The molecule has 4 rings (SSSR count). The van der Waals surface area contributed by atoms with Crippen molar-refractivity contribution in [1.29, 1.82) is 0 Å². The molecule has 4 nitrogen and oxygen atoms in total. The molecule has 168 valence electrons.